The molecule has 0 saturated heterocycles. The van der Waals surface area contributed by atoms with Crippen LogP contribution in [0.2, 0.25) is 0 Å². The molecule has 0 N–H and O–H groups in total. The molecule has 0 bridgehead atoms. The summed E-state index contributed by atoms with van der Waals surface area (Å²) in [7, 11) is 1.02. The normalized spacial score (nSPS) is 14.2. The van der Waals surface area contributed by atoms with Crippen LogP contribution in [0.1, 0.15) is 20.8 Å². The maximum absolute atomic E-state index is 14.8. The number of hydrogen-bond acceptors (Lipinski definition) is 5. The fraction of sp³-hybridized carbons (Fsp3) is 0.429. The number of methoxy groups -OCH3 is 1. The zero-order valence-electron chi connectivity index (χ0n) is 11.8. The number of carbonyl (C=O) groups excluding carboxylic acids is 2. The van der Waals surface area contributed by atoms with Gasteiger partial charge in [-0.15, -0.1) is 0 Å². The molecule has 0 heterocycles. The Kier molecular flexibility index (Phi) is 5.16. The van der Waals surface area contributed by atoms with E-state index in [2.05, 4.69) is 4.74 Å². The molecule has 0 fully saturated rings. The molecule has 0 amide bonds. The van der Waals surface area contributed by atoms with Gasteiger partial charge in [-0.25, -0.2) is 14.0 Å². The summed E-state index contributed by atoms with van der Waals surface area (Å²) in [6.07, 6.45) is 0. The summed E-state index contributed by atoms with van der Waals surface area (Å²) in [6, 6.07) is 8.28. The van der Waals surface area contributed by atoms with E-state index in [1.54, 1.807) is 51.1 Å². The summed E-state index contributed by atoms with van der Waals surface area (Å²) in [6.45, 7) is 4.78. The minimum Gasteiger partial charge on any atom is -0.466 e. The van der Waals surface area contributed by atoms with Gasteiger partial charge in [0.05, 0.1) is 7.11 Å². The van der Waals surface area contributed by atoms with E-state index in [-0.39, 0.29) is 0 Å². The lowest BCUT2D eigenvalue weighted by molar-refractivity contribution is -0.172. The third kappa shape index (κ3) is 4.23. The van der Waals surface area contributed by atoms with Crippen LogP contribution in [0.15, 0.2) is 35.2 Å². The quantitative estimate of drug-likeness (QED) is 0.486. The monoisotopic (exact) mass is 300 g/mol. The number of ether oxygens (including phenoxy) is 2. The van der Waals surface area contributed by atoms with E-state index in [4.69, 9.17) is 4.74 Å². The van der Waals surface area contributed by atoms with Gasteiger partial charge in [-0.1, -0.05) is 30.0 Å². The molecular weight excluding hydrogens is 283 g/mol. The lowest BCUT2D eigenvalue weighted by Crippen LogP contribution is -2.44. The minimum absolute atomic E-state index is 0.422. The van der Waals surface area contributed by atoms with E-state index in [0.717, 1.165) is 7.11 Å². The van der Waals surface area contributed by atoms with Crippen molar-refractivity contribution in [2.75, 3.05) is 7.11 Å². The first-order valence-corrected chi connectivity index (χ1v) is 6.75. The highest BCUT2D eigenvalue weighted by Gasteiger charge is 2.52. The van der Waals surface area contributed by atoms with Gasteiger partial charge in [-0.2, -0.15) is 0 Å². The Labute approximate surface area is 121 Å². The summed E-state index contributed by atoms with van der Waals surface area (Å²) in [5.74, 6) is -2.56. The number of benzene rings is 1. The second-order valence-electron chi connectivity index (χ2n) is 5.00. The highest BCUT2D eigenvalue weighted by molar-refractivity contribution is 8.02. The SMILES string of the molecule is COC(=O)[C@](F)(Sc1ccccc1)C(=O)OC(C)(C)C. The first-order valence-electron chi connectivity index (χ1n) is 5.94. The van der Waals surface area contributed by atoms with Crippen molar-refractivity contribution in [3.05, 3.63) is 30.3 Å². The Hall–Kier alpha value is -1.56. The van der Waals surface area contributed by atoms with Crippen molar-refractivity contribution in [2.24, 2.45) is 0 Å². The predicted octanol–water partition coefficient (Wildman–Crippen LogP) is 2.96. The summed E-state index contributed by atoms with van der Waals surface area (Å²) in [5.41, 5.74) is -0.903. The third-order valence-corrected chi connectivity index (χ3v) is 3.23. The Balaban J connectivity index is 3.04. The fourth-order valence-electron chi connectivity index (χ4n) is 1.29. The molecule has 0 saturated carbocycles. The molecule has 0 spiro atoms. The Bertz CT molecular complexity index is 484. The predicted molar refractivity (Wildman–Crippen MR) is 74.0 cm³/mol. The van der Waals surface area contributed by atoms with Crippen molar-refractivity contribution in [2.45, 2.75) is 36.3 Å². The lowest BCUT2D eigenvalue weighted by Gasteiger charge is -2.26. The molecule has 1 rings (SSSR count). The van der Waals surface area contributed by atoms with Gasteiger partial charge in [0, 0.05) is 4.90 Å². The van der Waals surface area contributed by atoms with Crippen LogP contribution in [0.4, 0.5) is 4.39 Å². The van der Waals surface area contributed by atoms with Crippen LogP contribution in [-0.2, 0) is 19.1 Å². The molecule has 0 unspecified atom stereocenters. The van der Waals surface area contributed by atoms with Crippen LogP contribution in [0.5, 0.6) is 0 Å². The number of esters is 2. The van der Waals surface area contributed by atoms with Gasteiger partial charge >= 0.3 is 16.9 Å². The summed E-state index contributed by atoms with van der Waals surface area (Å²) in [5, 5.41) is -2.93. The van der Waals surface area contributed by atoms with Gasteiger partial charge in [-0.3, -0.25) is 0 Å². The van der Waals surface area contributed by atoms with Gasteiger partial charge in [0.25, 0.3) is 0 Å². The molecule has 110 valence electrons. The number of halogens is 1. The molecule has 0 aromatic heterocycles. The summed E-state index contributed by atoms with van der Waals surface area (Å²) in [4.78, 5) is 24.0. The number of hydrogen-bond donors (Lipinski definition) is 0. The van der Waals surface area contributed by atoms with Gasteiger partial charge < -0.3 is 9.47 Å². The Morgan fingerprint density at radius 1 is 1.10 bits per heavy atom. The first-order chi connectivity index (χ1) is 9.19. The molecule has 4 nitrogen and oxygen atoms in total. The minimum atomic E-state index is -2.93. The van der Waals surface area contributed by atoms with E-state index >= 15 is 0 Å². The zero-order valence-corrected chi connectivity index (χ0v) is 12.6. The number of thioether (sulfide) groups is 1. The average Bonchev–Trinajstić information content (AvgIpc) is 2.36. The smallest absolute Gasteiger partial charge is 0.367 e. The molecule has 0 aliphatic heterocycles. The highest BCUT2D eigenvalue weighted by Crippen LogP contribution is 2.37. The van der Waals surface area contributed by atoms with Crippen molar-refractivity contribution in [1.82, 2.24) is 0 Å². The molecule has 1 aromatic carbocycles. The summed E-state index contributed by atoms with van der Waals surface area (Å²) >= 11 is 0.457. The number of alkyl halides is 1. The Morgan fingerprint density at radius 2 is 1.65 bits per heavy atom. The molecule has 0 radical (unpaired) electrons. The van der Waals surface area contributed by atoms with Crippen LogP contribution in [0.25, 0.3) is 0 Å². The van der Waals surface area contributed by atoms with Crippen LogP contribution in [0, 0.1) is 0 Å². The summed E-state index contributed by atoms with van der Waals surface area (Å²) < 4.78 is 24.2. The van der Waals surface area contributed by atoms with Gasteiger partial charge in [-0.05, 0) is 32.9 Å². The molecular formula is C14H17FO4S. The second kappa shape index (κ2) is 6.26. The molecule has 0 aliphatic carbocycles. The van der Waals surface area contributed by atoms with E-state index in [9.17, 15) is 14.0 Å². The van der Waals surface area contributed by atoms with Gasteiger partial charge in [0.2, 0.25) is 0 Å². The van der Waals surface area contributed by atoms with Crippen LogP contribution in [-0.4, -0.2) is 29.7 Å². The first kappa shape index (κ1) is 16.5. The van der Waals surface area contributed by atoms with E-state index in [1.165, 1.54) is 0 Å². The molecule has 0 aliphatic rings. The van der Waals surface area contributed by atoms with Crippen molar-refractivity contribution in [3.8, 4) is 0 Å². The van der Waals surface area contributed by atoms with Crippen LogP contribution in [0.3, 0.4) is 0 Å². The molecule has 6 heteroatoms. The number of carbonyl (C=O) groups is 2. The van der Waals surface area contributed by atoms with Gasteiger partial charge in [0.15, 0.2) is 0 Å². The molecule has 20 heavy (non-hydrogen) atoms. The van der Waals surface area contributed by atoms with Crippen molar-refractivity contribution in [1.29, 1.82) is 0 Å². The standard InChI is InChI=1S/C14H17FO4S/c1-13(2,3)19-12(17)14(15,11(16)18-4)20-10-8-6-5-7-9-10/h5-9H,1-4H3/t14-/m0/s1. The fourth-order valence-corrected chi connectivity index (χ4v) is 2.20. The number of rotatable bonds is 4. The Morgan fingerprint density at radius 3 is 2.10 bits per heavy atom. The van der Waals surface area contributed by atoms with E-state index in [0.29, 0.717) is 16.7 Å². The van der Waals surface area contributed by atoms with Crippen molar-refractivity contribution >= 4 is 23.7 Å². The lowest BCUT2D eigenvalue weighted by atomic mass is 10.2. The van der Waals surface area contributed by atoms with Crippen molar-refractivity contribution in [3.63, 3.8) is 0 Å². The average molecular weight is 300 g/mol. The maximum Gasteiger partial charge on any atom is 0.367 e. The topological polar surface area (TPSA) is 52.6 Å². The third-order valence-electron chi connectivity index (χ3n) is 2.11. The molecule has 1 aromatic rings. The van der Waals surface area contributed by atoms with Crippen molar-refractivity contribution < 1.29 is 23.5 Å². The van der Waals surface area contributed by atoms with E-state index in [1.807, 2.05) is 0 Å². The molecule has 1 atom stereocenters. The highest BCUT2D eigenvalue weighted by atomic mass is 32.2. The largest absolute Gasteiger partial charge is 0.466 e. The van der Waals surface area contributed by atoms with Gasteiger partial charge in [0.1, 0.15) is 5.60 Å². The second-order valence-corrected chi connectivity index (χ2v) is 6.24. The van der Waals surface area contributed by atoms with Crippen LogP contribution < -0.4 is 0 Å². The van der Waals surface area contributed by atoms with Crippen LogP contribution >= 0.6 is 11.8 Å². The van der Waals surface area contributed by atoms with E-state index < -0.39 is 22.5 Å². The maximum atomic E-state index is 14.8. The zero-order chi connectivity index (χ0) is 15.4.